The van der Waals surface area contributed by atoms with Gasteiger partial charge < -0.3 is 14.2 Å². The highest BCUT2D eigenvalue weighted by Crippen LogP contribution is 2.33. The molecule has 0 unspecified atom stereocenters. The van der Waals surface area contributed by atoms with E-state index < -0.39 is 5.97 Å². The number of benzene rings is 2. The SMILES string of the molecule is COc1cc(/C=C2/C=C(c3ccc4c(c3)CCCC4)OC2=O)ccc1OC(C)=O. The first-order valence-corrected chi connectivity index (χ1v) is 9.67. The fraction of sp³-hybridized carbons (Fsp3) is 0.250. The first-order chi connectivity index (χ1) is 14.0. The standard InChI is InChI=1S/C24H22O5/c1-15(25)28-21-10-7-16(12-23(21)27-2)11-20-14-22(29-24(20)26)19-9-8-17-5-3-4-6-18(17)13-19/h7-14H,3-6H2,1-2H3/b20-11-. The Morgan fingerprint density at radius 3 is 2.59 bits per heavy atom. The molecule has 2 aromatic rings. The summed E-state index contributed by atoms with van der Waals surface area (Å²) in [6, 6.07) is 11.4. The fourth-order valence-corrected chi connectivity index (χ4v) is 3.71. The number of methoxy groups -OCH3 is 1. The molecular weight excluding hydrogens is 368 g/mol. The Labute approximate surface area is 169 Å². The molecule has 1 aliphatic heterocycles. The molecule has 0 saturated heterocycles. The van der Waals surface area contributed by atoms with Crippen LogP contribution >= 0.6 is 0 Å². The minimum Gasteiger partial charge on any atom is -0.493 e. The van der Waals surface area contributed by atoms with Crippen LogP contribution in [0.2, 0.25) is 0 Å². The topological polar surface area (TPSA) is 61.8 Å². The molecule has 0 spiro atoms. The van der Waals surface area contributed by atoms with Crippen molar-refractivity contribution < 1.29 is 23.8 Å². The van der Waals surface area contributed by atoms with Gasteiger partial charge in [0.25, 0.3) is 0 Å². The lowest BCUT2D eigenvalue weighted by atomic mass is 9.90. The number of ether oxygens (including phenoxy) is 3. The first kappa shape index (κ1) is 19.0. The fourth-order valence-electron chi connectivity index (χ4n) is 3.71. The smallest absolute Gasteiger partial charge is 0.343 e. The molecule has 5 heteroatoms. The molecular formula is C24H22O5. The molecule has 1 aliphatic carbocycles. The largest absolute Gasteiger partial charge is 0.493 e. The van der Waals surface area contributed by atoms with Crippen LogP contribution in [0.5, 0.6) is 11.5 Å². The quantitative estimate of drug-likeness (QED) is 0.438. The Hall–Kier alpha value is -3.34. The summed E-state index contributed by atoms with van der Waals surface area (Å²) in [7, 11) is 1.50. The second kappa shape index (κ2) is 7.95. The maximum Gasteiger partial charge on any atom is 0.343 e. The van der Waals surface area contributed by atoms with Gasteiger partial charge in [-0.2, -0.15) is 0 Å². The van der Waals surface area contributed by atoms with Crippen LogP contribution in [0.4, 0.5) is 0 Å². The predicted molar refractivity (Wildman–Crippen MR) is 109 cm³/mol. The molecule has 0 bridgehead atoms. The number of cyclic esters (lactones) is 1. The monoisotopic (exact) mass is 390 g/mol. The van der Waals surface area contributed by atoms with E-state index >= 15 is 0 Å². The Morgan fingerprint density at radius 1 is 1.03 bits per heavy atom. The lowest BCUT2D eigenvalue weighted by Gasteiger charge is -2.16. The summed E-state index contributed by atoms with van der Waals surface area (Å²) >= 11 is 0. The van der Waals surface area contributed by atoms with Gasteiger partial charge in [-0.05, 0) is 72.7 Å². The van der Waals surface area contributed by atoms with Crippen molar-refractivity contribution >= 4 is 23.8 Å². The maximum atomic E-state index is 12.4. The molecule has 29 heavy (non-hydrogen) atoms. The van der Waals surface area contributed by atoms with E-state index in [2.05, 4.69) is 12.1 Å². The van der Waals surface area contributed by atoms with Gasteiger partial charge in [0.1, 0.15) is 5.76 Å². The molecule has 0 atom stereocenters. The van der Waals surface area contributed by atoms with Crippen LogP contribution < -0.4 is 9.47 Å². The molecule has 0 fully saturated rings. The van der Waals surface area contributed by atoms with Crippen molar-refractivity contribution in [3.05, 3.63) is 70.3 Å². The van der Waals surface area contributed by atoms with Crippen LogP contribution in [0, 0.1) is 0 Å². The molecule has 1 heterocycles. The molecule has 0 radical (unpaired) electrons. The van der Waals surface area contributed by atoms with Crippen molar-refractivity contribution in [3.8, 4) is 11.5 Å². The van der Waals surface area contributed by atoms with E-state index in [0.717, 1.165) is 24.0 Å². The third-order valence-electron chi connectivity index (χ3n) is 5.12. The maximum absolute atomic E-state index is 12.4. The molecule has 2 aliphatic rings. The number of hydrogen-bond donors (Lipinski definition) is 0. The average Bonchev–Trinajstić information content (AvgIpc) is 3.08. The van der Waals surface area contributed by atoms with Crippen LogP contribution in [-0.4, -0.2) is 19.0 Å². The molecule has 0 N–H and O–H groups in total. The molecule has 4 rings (SSSR count). The van der Waals surface area contributed by atoms with E-state index in [-0.39, 0.29) is 5.97 Å². The number of carbonyl (C=O) groups excluding carboxylic acids is 2. The predicted octanol–water partition coefficient (Wildman–Crippen LogP) is 4.48. The van der Waals surface area contributed by atoms with Gasteiger partial charge >= 0.3 is 11.9 Å². The van der Waals surface area contributed by atoms with Crippen molar-refractivity contribution in [1.82, 2.24) is 0 Å². The zero-order valence-electron chi connectivity index (χ0n) is 16.5. The lowest BCUT2D eigenvalue weighted by molar-refractivity contribution is -0.132. The van der Waals surface area contributed by atoms with Gasteiger partial charge in [0.15, 0.2) is 11.5 Å². The lowest BCUT2D eigenvalue weighted by Crippen LogP contribution is -2.03. The van der Waals surface area contributed by atoms with Gasteiger partial charge in [0.2, 0.25) is 0 Å². The Bertz CT molecular complexity index is 1050. The Morgan fingerprint density at radius 2 is 1.83 bits per heavy atom. The van der Waals surface area contributed by atoms with E-state index in [4.69, 9.17) is 14.2 Å². The molecule has 148 valence electrons. The summed E-state index contributed by atoms with van der Waals surface area (Å²) in [6.45, 7) is 1.33. The van der Waals surface area contributed by atoms with Gasteiger partial charge in [-0.15, -0.1) is 0 Å². The summed E-state index contributed by atoms with van der Waals surface area (Å²) in [5.74, 6) is 0.506. The van der Waals surface area contributed by atoms with Crippen molar-refractivity contribution in [2.24, 2.45) is 0 Å². The molecule has 0 aromatic heterocycles. The van der Waals surface area contributed by atoms with Crippen molar-refractivity contribution in [2.45, 2.75) is 32.6 Å². The normalized spacial score (nSPS) is 16.8. The molecule has 0 amide bonds. The summed E-state index contributed by atoms with van der Waals surface area (Å²) in [6.07, 6.45) is 8.11. The van der Waals surface area contributed by atoms with E-state index in [1.807, 2.05) is 6.07 Å². The van der Waals surface area contributed by atoms with E-state index in [9.17, 15) is 9.59 Å². The van der Waals surface area contributed by atoms with Crippen LogP contribution in [0.25, 0.3) is 11.8 Å². The highest BCUT2D eigenvalue weighted by Gasteiger charge is 2.23. The number of esters is 2. The third kappa shape index (κ3) is 4.09. The second-order valence-electron chi connectivity index (χ2n) is 7.19. The first-order valence-electron chi connectivity index (χ1n) is 9.67. The van der Waals surface area contributed by atoms with Gasteiger partial charge in [-0.3, -0.25) is 4.79 Å². The summed E-state index contributed by atoms with van der Waals surface area (Å²) in [5.41, 5.74) is 4.85. The number of hydrogen-bond acceptors (Lipinski definition) is 5. The van der Waals surface area contributed by atoms with Crippen LogP contribution in [0.1, 0.15) is 42.0 Å². The number of rotatable bonds is 4. The van der Waals surface area contributed by atoms with E-state index in [0.29, 0.717) is 22.8 Å². The van der Waals surface area contributed by atoms with Gasteiger partial charge in [-0.25, -0.2) is 4.79 Å². The van der Waals surface area contributed by atoms with Crippen molar-refractivity contribution in [1.29, 1.82) is 0 Å². The summed E-state index contributed by atoms with van der Waals surface area (Å²) in [4.78, 5) is 23.6. The van der Waals surface area contributed by atoms with Gasteiger partial charge in [0, 0.05) is 12.5 Å². The molecule has 5 nitrogen and oxygen atoms in total. The molecule has 2 aromatic carbocycles. The van der Waals surface area contributed by atoms with Crippen LogP contribution in [0.3, 0.4) is 0 Å². The Balaban J connectivity index is 1.62. The minimum absolute atomic E-state index is 0.335. The number of fused-ring (bicyclic) bond motifs is 1. The average molecular weight is 390 g/mol. The second-order valence-corrected chi connectivity index (χ2v) is 7.19. The number of aryl methyl sites for hydroxylation is 2. The third-order valence-corrected chi connectivity index (χ3v) is 5.12. The van der Waals surface area contributed by atoms with Gasteiger partial charge in [0.05, 0.1) is 12.7 Å². The highest BCUT2D eigenvalue weighted by atomic mass is 16.6. The minimum atomic E-state index is -0.425. The summed E-state index contributed by atoms with van der Waals surface area (Å²) in [5, 5.41) is 0. The van der Waals surface area contributed by atoms with Crippen molar-refractivity contribution in [3.63, 3.8) is 0 Å². The van der Waals surface area contributed by atoms with Crippen molar-refractivity contribution in [2.75, 3.05) is 7.11 Å². The highest BCUT2D eigenvalue weighted by molar-refractivity contribution is 6.05. The Kier molecular flexibility index (Phi) is 5.21. The van der Waals surface area contributed by atoms with E-state index in [1.165, 1.54) is 38.0 Å². The summed E-state index contributed by atoms with van der Waals surface area (Å²) < 4.78 is 15.9. The molecule has 0 saturated carbocycles. The van der Waals surface area contributed by atoms with Crippen LogP contribution in [-0.2, 0) is 27.2 Å². The van der Waals surface area contributed by atoms with Gasteiger partial charge in [-0.1, -0.05) is 18.2 Å². The zero-order valence-corrected chi connectivity index (χ0v) is 16.5. The zero-order chi connectivity index (χ0) is 20.4. The van der Waals surface area contributed by atoms with E-state index in [1.54, 1.807) is 30.4 Å². The number of carbonyl (C=O) groups is 2. The van der Waals surface area contributed by atoms with Crippen LogP contribution in [0.15, 0.2) is 48.0 Å².